The molecule has 96 valence electrons. The minimum absolute atomic E-state index is 0.350. The van der Waals surface area contributed by atoms with Crippen LogP contribution in [0.4, 0.5) is 13.2 Å². The lowest BCUT2D eigenvalue weighted by Gasteiger charge is -2.07. The van der Waals surface area contributed by atoms with E-state index in [0.29, 0.717) is 17.0 Å². The third kappa shape index (κ3) is 2.03. The second-order valence-electron chi connectivity index (χ2n) is 3.90. The van der Waals surface area contributed by atoms with Crippen LogP contribution in [-0.2, 0) is 6.18 Å². The van der Waals surface area contributed by atoms with Crippen LogP contribution in [0.25, 0.3) is 17.0 Å². The highest BCUT2D eigenvalue weighted by molar-refractivity contribution is 5.58. The molecule has 0 aliphatic heterocycles. The van der Waals surface area contributed by atoms with E-state index >= 15 is 0 Å². The van der Waals surface area contributed by atoms with Gasteiger partial charge in [-0.3, -0.25) is 9.38 Å². The molecule has 0 amide bonds. The second-order valence-corrected chi connectivity index (χ2v) is 3.90. The molecule has 3 aromatic heterocycles. The van der Waals surface area contributed by atoms with Crippen LogP contribution in [-0.4, -0.2) is 19.6 Å². The van der Waals surface area contributed by atoms with Gasteiger partial charge in [0.05, 0.1) is 5.56 Å². The van der Waals surface area contributed by atoms with Crippen molar-refractivity contribution in [2.45, 2.75) is 6.18 Å². The third-order valence-corrected chi connectivity index (χ3v) is 2.67. The van der Waals surface area contributed by atoms with Crippen LogP contribution < -0.4 is 0 Å². The predicted octanol–water partition coefficient (Wildman–Crippen LogP) is 2.81. The van der Waals surface area contributed by atoms with Crippen molar-refractivity contribution in [3.63, 3.8) is 0 Å². The fourth-order valence-corrected chi connectivity index (χ4v) is 1.76. The first-order valence-electron chi connectivity index (χ1n) is 5.38. The zero-order chi connectivity index (χ0) is 13.5. The largest absolute Gasteiger partial charge is 0.417 e. The van der Waals surface area contributed by atoms with Gasteiger partial charge in [0.2, 0.25) is 0 Å². The Bertz CT molecular complexity index is 719. The van der Waals surface area contributed by atoms with Crippen LogP contribution in [0.5, 0.6) is 0 Å². The highest BCUT2D eigenvalue weighted by Crippen LogP contribution is 2.30. The summed E-state index contributed by atoms with van der Waals surface area (Å²) in [7, 11) is 0. The minimum atomic E-state index is -4.39. The van der Waals surface area contributed by atoms with Crippen LogP contribution >= 0.6 is 0 Å². The molecule has 0 aromatic carbocycles. The molecule has 4 nitrogen and oxygen atoms in total. The summed E-state index contributed by atoms with van der Waals surface area (Å²) in [6.45, 7) is 0. The Kier molecular flexibility index (Phi) is 2.48. The average molecular weight is 264 g/mol. The molecule has 3 aromatic rings. The molecule has 0 aliphatic carbocycles. The van der Waals surface area contributed by atoms with Gasteiger partial charge in [-0.2, -0.15) is 13.2 Å². The first-order chi connectivity index (χ1) is 9.05. The van der Waals surface area contributed by atoms with E-state index in [1.54, 1.807) is 24.5 Å². The Balaban J connectivity index is 2.22. The maximum atomic E-state index is 12.7. The summed E-state index contributed by atoms with van der Waals surface area (Å²) in [5.74, 6) is 0.350. The first-order valence-corrected chi connectivity index (χ1v) is 5.38. The maximum absolute atomic E-state index is 12.7. The molecule has 0 saturated heterocycles. The van der Waals surface area contributed by atoms with E-state index in [1.807, 2.05) is 0 Å². The molecule has 0 spiro atoms. The first kappa shape index (κ1) is 11.6. The molecule has 3 rings (SSSR count). The standard InChI is InChI=1S/C12H7F3N4/c13-12(14,15)9-1-2-10-17-18-11(19(10)7-9)8-3-5-16-6-4-8/h1-7H. The topological polar surface area (TPSA) is 43.1 Å². The average Bonchev–Trinajstić information content (AvgIpc) is 2.81. The van der Waals surface area contributed by atoms with Crippen molar-refractivity contribution < 1.29 is 13.2 Å². The van der Waals surface area contributed by atoms with E-state index in [1.165, 1.54) is 10.5 Å². The molecule has 0 radical (unpaired) electrons. The molecule has 0 atom stereocenters. The van der Waals surface area contributed by atoms with Gasteiger partial charge in [0.1, 0.15) is 0 Å². The number of nitrogens with zero attached hydrogens (tertiary/aromatic N) is 4. The molecule has 7 heteroatoms. The summed E-state index contributed by atoms with van der Waals surface area (Å²) < 4.78 is 39.4. The van der Waals surface area contributed by atoms with E-state index < -0.39 is 11.7 Å². The lowest BCUT2D eigenvalue weighted by atomic mass is 10.2. The van der Waals surface area contributed by atoms with Crippen LogP contribution in [0, 0.1) is 0 Å². The molecule has 0 saturated carbocycles. The van der Waals surface area contributed by atoms with E-state index in [2.05, 4.69) is 15.2 Å². The van der Waals surface area contributed by atoms with Crippen molar-refractivity contribution in [3.8, 4) is 11.4 Å². The molecular weight excluding hydrogens is 257 g/mol. The van der Waals surface area contributed by atoms with Gasteiger partial charge in [0.15, 0.2) is 11.5 Å². The summed E-state index contributed by atoms with van der Waals surface area (Å²) in [5.41, 5.74) is 0.275. The monoisotopic (exact) mass is 264 g/mol. The van der Waals surface area contributed by atoms with Gasteiger partial charge in [-0.15, -0.1) is 10.2 Å². The molecule has 19 heavy (non-hydrogen) atoms. The van der Waals surface area contributed by atoms with Crippen LogP contribution in [0.1, 0.15) is 5.56 Å². The van der Waals surface area contributed by atoms with E-state index in [-0.39, 0.29) is 0 Å². The summed E-state index contributed by atoms with van der Waals surface area (Å²) in [5, 5.41) is 7.75. The molecule has 0 aliphatic rings. The highest BCUT2D eigenvalue weighted by Gasteiger charge is 2.31. The van der Waals surface area contributed by atoms with Crippen molar-refractivity contribution in [1.29, 1.82) is 0 Å². The Morgan fingerprint density at radius 1 is 0.947 bits per heavy atom. The van der Waals surface area contributed by atoms with Gasteiger partial charge >= 0.3 is 6.18 Å². The van der Waals surface area contributed by atoms with E-state index in [0.717, 1.165) is 12.3 Å². The number of pyridine rings is 2. The second kappa shape index (κ2) is 4.04. The Morgan fingerprint density at radius 2 is 1.68 bits per heavy atom. The van der Waals surface area contributed by atoms with E-state index in [4.69, 9.17) is 0 Å². The van der Waals surface area contributed by atoms with Crippen LogP contribution in [0.2, 0.25) is 0 Å². The third-order valence-electron chi connectivity index (χ3n) is 2.67. The fraction of sp³-hybridized carbons (Fsp3) is 0.0833. The predicted molar refractivity (Wildman–Crippen MR) is 61.2 cm³/mol. The Hall–Kier alpha value is -2.44. The van der Waals surface area contributed by atoms with Gasteiger partial charge in [-0.1, -0.05) is 0 Å². The number of aromatic nitrogens is 4. The van der Waals surface area contributed by atoms with Crippen molar-refractivity contribution in [2.75, 3.05) is 0 Å². The van der Waals surface area contributed by atoms with Crippen molar-refractivity contribution in [3.05, 3.63) is 48.4 Å². The van der Waals surface area contributed by atoms with Crippen molar-refractivity contribution >= 4 is 5.65 Å². The zero-order valence-electron chi connectivity index (χ0n) is 9.46. The summed E-state index contributed by atoms with van der Waals surface area (Å²) in [4.78, 5) is 3.85. The molecule has 0 bridgehead atoms. The van der Waals surface area contributed by atoms with Gasteiger partial charge in [-0.25, -0.2) is 0 Å². The quantitative estimate of drug-likeness (QED) is 0.678. The van der Waals surface area contributed by atoms with Gasteiger partial charge in [0, 0.05) is 24.2 Å². The number of hydrogen-bond donors (Lipinski definition) is 0. The summed E-state index contributed by atoms with van der Waals surface area (Å²) >= 11 is 0. The van der Waals surface area contributed by atoms with Gasteiger partial charge in [0.25, 0.3) is 0 Å². The fourth-order valence-electron chi connectivity index (χ4n) is 1.76. The lowest BCUT2D eigenvalue weighted by Crippen LogP contribution is -2.06. The molecule has 0 unspecified atom stereocenters. The Morgan fingerprint density at radius 3 is 2.37 bits per heavy atom. The van der Waals surface area contributed by atoms with E-state index in [9.17, 15) is 13.2 Å². The lowest BCUT2D eigenvalue weighted by molar-refractivity contribution is -0.137. The molecular formula is C12H7F3N4. The van der Waals surface area contributed by atoms with Gasteiger partial charge < -0.3 is 0 Å². The van der Waals surface area contributed by atoms with Crippen LogP contribution in [0.3, 0.4) is 0 Å². The summed E-state index contributed by atoms with van der Waals surface area (Å²) in [6.07, 6.45) is -0.312. The number of rotatable bonds is 1. The number of fused-ring (bicyclic) bond motifs is 1. The van der Waals surface area contributed by atoms with Crippen molar-refractivity contribution in [2.24, 2.45) is 0 Å². The SMILES string of the molecule is FC(F)(F)c1ccc2nnc(-c3ccncc3)n2c1. The number of hydrogen-bond acceptors (Lipinski definition) is 3. The Labute approximate surface area is 105 Å². The van der Waals surface area contributed by atoms with Crippen molar-refractivity contribution in [1.82, 2.24) is 19.6 Å². The smallest absolute Gasteiger partial charge is 0.282 e. The molecule has 0 fully saturated rings. The highest BCUT2D eigenvalue weighted by atomic mass is 19.4. The summed E-state index contributed by atoms with van der Waals surface area (Å²) in [6, 6.07) is 5.61. The van der Waals surface area contributed by atoms with Crippen LogP contribution in [0.15, 0.2) is 42.9 Å². The molecule has 3 heterocycles. The number of halogens is 3. The minimum Gasteiger partial charge on any atom is -0.282 e. The number of alkyl halides is 3. The zero-order valence-corrected chi connectivity index (χ0v) is 9.46. The normalized spacial score (nSPS) is 11.9. The van der Waals surface area contributed by atoms with Gasteiger partial charge in [-0.05, 0) is 24.3 Å². The molecule has 0 N–H and O–H groups in total. The maximum Gasteiger partial charge on any atom is 0.417 e.